The number of aliphatic hydroxyl groups is 1. The molecule has 0 aliphatic heterocycles. The second-order valence-electron chi connectivity index (χ2n) is 6.28. The van der Waals surface area contributed by atoms with Crippen LogP contribution in [0.2, 0.25) is 0 Å². The molecule has 0 spiro atoms. The zero-order valence-corrected chi connectivity index (χ0v) is 14.2. The summed E-state index contributed by atoms with van der Waals surface area (Å²) in [5.74, 6) is 0.0691. The van der Waals surface area contributed by atoms with E-state index in [1.807, 2.05) is 30.3 Å². The molecule has 134 valence electrons. The number of aliphatic hydroxyl groups excluding tert-OH is 1. The number of hydrogen-bond donors (Lipinski definition) is 1. The highest BCUT2D eigenvalue weighted by atomic mass is 16.5. The van der Waals surface area contributed by atoms with E-state index in [2.05, 4.69) is 15.5 Å². The highest BCUT2D eigenvalue weighted by Crippen LogP contribution is 2.31. The molecule has 1 saturated carbocycles. The van der Waals surface area contributed by atoms with Gasteiger partial charge in [0.25, 0.3) is 5.91 Å². The van der Waals surface area contributed by atoms with Gasteiger partial charge in [0.15, 0.2) is 11.5 Å². The molecule has 1 N–H and O–H groups in total. The van der Waals surface area contributed by atoms with E-state index < -0.39 is 0 Å². The number of carbonyl (C=O) groups excluding carboxylic acids is 1. The van der Waals surface area contributed by atoms with Crippen LogP contribution in [-0.2, 0) is 0 Å². The summed E-state index contributed by atoms with van der Waals surface area (Å²) in [6.45, 7) is -0.353. The molecule has 8 heteroatoms. The second kappa shape index (κ2) is 7.09. The lowest BCUT2D eigenvalue weighted by atomic mass is 10.1. The standard InChI is InChI=1S/C18H19N5O3/c24-12-22(14-8-4-5-9-14)18(25)15-16(23-11-10-19-21-23)17(26-20-15)13-6-2-1-3-7-13/h1-3,6-7,10-11,14,24H,4-5,8-9,12H2. The molecule has 1 aliphatic carbocycles. The Bertz CT molecular complexity index is 870. The number of amides is 1. The molecular formula is C18H19N5O3. The Labute approximate surface area is 150 Å². The van der Waals surface area contributed by atoms with Crippen molar-refractivity contribution in [2.24, 2.45) is 0 Å². The summed E-state index contributed by atoms with van der Waals surface area (Å²) in [7, 11) is 0. The van der Waals surface area contributed by atoms with Crippen LogP contribution in [0.15, 0.2) is 47.2 Å². The summed E-state index contributed by atoms with van der Waals surface area (Å²) in [6, 6.07) is 9.42. The van der Waals surface area contributed by atoms with Crippen molar-refractivity contribution < 1.29 is 14.4 Å². The van der Waals surface area contributed by atoms with Crippen molar-refractivity contribution in [1.29, 1.82) is 0 Å². The van der Waals surface area contributed by atoms with Gasteiger partial charge in [-0.05, 0) is 12.8 Å². The van der Waals surface area contributed by atoms with Gasteiger partial charge in [0.1, 0.15) is 12.4 Å². The van der Waals surface area contributed by atoms with E-state index in [-0.39, 0.29) is 24.4 Å². The first-order valence-corrected chi connectivity index (χ1v) is 8.63. The average Bonchev–Trinajstić information content (AvgIpc) is 3.43. The molecule has 1 aliphatic rings. The molecule has 0 saturated heterocycles. The Hall–Kier alpha value is -3.00. The van der Waals surface area contributed by atoms with Gasteiger partial charge in [-0.25, -0.2) is 4.68 Å². The van der Waals surface area contributed by atoms with Crippen molar-refractivity contribution in [1.82, 2.24) is 25.1 Å². The number of benzene rings is 1. The van der Waals surface area contributed by atoms with Gasteiger partial charge in [0.05, 0.1) is 12.4 Å². The van der Waals surface area contributed by atoms with E-state index >= 15 is 0 Å². The number of aromatic nitrogens is 4. The molecule has 0 atom stereocenters. The lowest BCUT2D eigenvalue weighted by Gasteiger charge is -2.25. The zero-order chi connectivity index (χ0) is 17.9. The van der Waals surface area contributed by atoms with E-state index in [0.717, 1.165) is 31.2 Å². The van der Waals surface area contributed by atoms with Crippen LogP contribution in [0.3, 0.4) is 0 Å². The van der Waals surface area contributed by atoms with Gasteiger partial charge in [-0.15, -0.1) is 5.10 Å². The maximum Gasteiger partial charge on any atom is 0.280 e. The van der Waals surface area contributed by atoms with Gasteiger partial charge in [-0.1, -0.05) is 53.5 Å². The van der Waals surface area contributed by atoms with Crippen molar-refractivity contribution in [3.05, 3.63) is 48.4 Å². The monoisotopic (exact) mass is 353 g/mol. The third kappa shape index (κ3) is 2.88. The second-order valence-corrected chi connectivity index (χ2v) is 6.28. The molecule has 1 fully saturated rings. The van der Waals surface area contributed by atoms with Crippen LogP contribution in [-0.4, -0.2) is 48.8 Å². The van der Waals surface area contributed by atoms with Crippen LogP contribution >= 0.6 is 0 Å². The lowest BCUT2D eigenvalue weighted by molar-refractivity contribution is 0.0411. The number of nitrogens with zero attached hydrogens (tertiary/aromatic N) is 5. The average molecular weight is 353 g/mol. The molecule has 1 aromatic carbocycles. The van der Waals surface area contributed by atoms with Crippen molar-refractivity contribution in [3.63, 3.8) is 0 Å². The van der Waals surface area contributed by atoms with E-state index in [9.17, 15) is 9.90 Å². The van der Waals surface area contributed by atoms with Crippen LogP contribution in [0.5, 0.6) is 0 Å². The van der Waals surface area contributed by atoms with Crippen molar-refractivity contribution in [2.75, 3.05) is 6.73 Å². The maximum absolute atomic E-state index is 13.1. The Balaban J connectivity index is 1.79. The summed E-state index contributed by atoms with van der Waals surface area (Å²) in [4.78, 5) is 14.6. The smallest absolute Gasteiger partial charge is 0.280 e. The van der Waals surface area contributed by atoms with E-state index in [0.29, 0.717) is 11.4 Å². The molecular weight excluding hydrogens is 334 g/mol. The van der Waals surface area contributed by atoms with Crippen LogP contribution in [0.25, 0.3) is 17.0 Å². The van der Waals surface area contributed by atoms with Gasteiger partial charge >= 0.3 is 0 Å². The minimum Gasteiger partial charge on any atom is -0.376 e. The van der Waals surface area contributed by atoms with Crippen LogP contribution in [0.1, 0.15) is 36.2 Å². The molecule has 26 heavy (non-hydrogen) atoms. The third-order valence-corrected chi connectivity index (χ3v) is 4.74. The summed E-state index contributed by atoms with van der Waals surface area (Å²) in [5, 5.41) is 21.6. The first-order chi connectivity index (χ1) is 12.8. The van der Waals surface area contributed by atoms with Crippen molar-refractivity contribution >= 4 is 5.91 Å². The largest absolute Gasteiger partial charge is 0.376 e. The number of rotatable bonds is 5. The summed E-state index contributed by atoms with van der Waals surface area (Å²) in [5.41, 5.74) is 1.33. The normalized spacial score (nSPS) is 14.7. The van der Waals surface area contributed by atoms with E-state index in [4.69, 9.17) is 4.52 Å². The van der Waals surface area contributed by atoms with Gasteiger partial charge in [-0.3, -0.25) is 4.79 Å². The van der Waals surface area contributed by atoms with Gasteiger partial charge in [0.2, 0.25) is 0 Å². The summed E-state index contributed by atoms with van der Waals surface area (Å²) < 4.78 is 6.98. The number of carbonyl (C=O) groups is 1. The highest BCUT2D eigenvalue weighted by molar-refractivity contribution is 5.98. The molecule has 0 unspecified atom stereocenters. The molecule has 1 amide bonds. The molecule has 2 aromatic heterocycles. The molecule has 3 aromatic rings. The Morgan fingerprint density at radius 2 is 2.04 bits per heavy atom. The fraction of sp³-hybridized carbons (Fsp3) is 0.333. The predicted octanol–water partition coefficient (Wildman–Crippen LogP) is 2.26. The lowest BCUT2D eigenvalue weighted by Crippen LogP contribution is -2.40. The van der Waals surface area contributed by atoms with E-state index in [1.165, 1.54) is 15.8 Å². The van der Waals surface area contributed by atoms with Gasteiger partial charge < -0.3 is 14.5 Å². The first kappa shape index (κ1) is 16.5. The maximum atomic E-state index is 13.1. The summed E-state index contributed by atoms with van der Waals surface area (Å²) in [6.07, 6.45) is 7.03. The topological polar surface area (TPSA) is 97.3 Å². The third-order valence-electron chi connectivity index (χ3n) is 4.74. The molecule has 4 rings (SSSR count). The first-order valence-electron chi connectivity index (χ1n) is 8.63. The Morgan fingerprint density at radius 3 is 2.69 bits per heavy atom. The van der Waals surface area contributed by atoms with Crippen molar-refractivity contribution in [3.8, 4) is 17.0 Å². The van der Waals surface area contributed by atoms with Crippen LogP contribution in [0, 0.1) is 0 Å². The Morgan fingerprint density at radius 1 is 1.27 bits per heavy atom. The molecule has 0 radical (unpaired) electrons. The fourth-order valence-electron chi connectivity index (χ4n) is 3.44. The minimum atomic E-state index is -0.365. The van der Waals surface area contributed by atoms with Crippen molar-refractivity contribution in [2.45, 2.75) is 31.7 Å². The highest BCUT2D eigenvalue weighted by Gasteiger charge is 2.33. The van der Waals surface area contributed by atoms with Gasteiger partial charge in [0, 0.05) is 11.6 Å². The Kier molecular flexibility index (Phi) is 4.49. The SMILES string of the molecule is O=C(c1noc(-c2ccccc2)c1-n1ccnn1)N(CO)C1CCCC1. The zero-order valence-electron chi connectivity index (χ0n) is 14.2. The molecule has 8 nitrogen and oxygen atoms in total. The number of hydrogen-bond acceptors (Lipinski definition) is 6. The van der Waals surface area contributed by atoms with E-state index in [1.54, 1.807) is 6.20 Å². The van der Waals surface area contributed by atoms with Crippen LogP contribution in [0.4, 0.5) is 0 Å². The quantitative estimate of drug-likeness (QED) is 0.707. The molecule has 0 bridgehead atoms. The predicted molar refractivity (Wildman–Crippen MR) is 92.4 cm³/mol. The summed E-state index contributed by atoms with van der Waals surface area (Å²) >= 11 is 0. The fourth-order valence-corrected chi connectivity index (χ4v) is 3.44. The molecule has 2 heterocycles. The van der Waals surface area contributed by atoms with Crippen LogP contribution < -0.4 is 0 Å². The van der Waals surface area contributed by atoms with Gasteiger partial charge in [-0.2, -0.15) is 0 Å². The minimum absolute atomic E-state index is 0.0213.